The molecule has 1 aromatic rings. The van der Waals surface area contributed by atoms with Crippen LogP contribution in [0.4, 0.5) is 0 Å². The van der Waals surface area contributed by atoms with Crippen LogP contribution in [-0.4, -0.2) is 40.3 Å². The Bertz CT molecular complexity index is 787. The number of aliphatic hydroxyl groups is 1. The van der Waals surface area contributed by atoms with E-state index in [9.17, 15) is 14.7 Å². The van der Waals surface area contributed by atoms with Crippen LogP contribution in [0.15, 0.2) is 42.8 Å². The molecule has 0 amide bonds. The number of aryl methyl sites for hydroxylation is 1. The highest BCUT2D eigenvalue weighted by molar-refractivity contribution is 5.89. The third-order valence-electron chi connectivity index (χ3n) is 5.52. The number of hydrogen-bond acceptors (Lipinski definition) is 6. The SMILES string of the molecule is Cc1cncc(C(=O)O[C@@H]2/C=C/C(=O)O[C@@H](C)CCC/C=C/[C@@H]3C[C@H](O)C[C@H]32)c1. The number of hydrogen-bond donors (Lipinski definition) is 1. The predicted octanol–water partition coefficient (Wildman–Crippen LogP) is 3.53. The molecule has 0 aromatic carbocycles. The molecule has 6 heteroatoms. The molecule has 2 aliphatic rings. The van der Waals surface area contributed by atoms with E-state index in [0.717, 1.165) is 24.8 Å². The Morgan fingerprint density at radius 1 is 1.28 bits per heavy atom. The zero-order chi connectivity index (χ0) is 20.8. The van der Waals surface area contributed by atoms with Gasteiger partial charge in [0, 0.05) is 24.4 Å². The topological polar surface area (TPSA) is 85.7 Å². The van der Waals surface area contributed by atoms with Crippen molar-refractivity contribution in [1.82, 2.24) is 4.98 Å². The number of allylic oxidation sites excluding steroid dienone is 2. The molecule has 0 bridgehead atoms. The summed E-state index contributed by atoms with van der Waals surface area (Å²) >= 11 is 0. The fourth-order valence-corrected chi connectivity index (χ4v) is 4.06. The van der Waals surface area contributed by atoms with Crippen LogP contribution in [0.5, 0.6) is 0 Å². The van der Waals surface area contributed by atoms with Gasteiger partial charge in [0.05, 0.1) is 17.8 Å². The monoisotopic (exact) mass is 399 g/mol. The first-order valence-electron chi connectivity index (χ1n) is 10.3. The average Bonchev–Trinajstić information content (AvgIpc) is 3.04. The van der Waals surface area contributed by atoms with Gasteiger partial charge in [0.25, 0.3) is 0 Å². The van der Waals surface area contributed by atoms with E-state index >= 15 is 0 Å². The van der Waals surface area contributed by atoms with E-state index in [4.69, 9.17) is 9.47 Å². The van der Waals surface area contributed by atoms with Gasteiger partial charge >= 0.3 is 11.9 Å². The Hall–Kier alpha value is -2.47. The molecular formula is C23H29NO5. The second kappa shape index (κ2) is 9.83. The summed E-state index contributed by atoms with van der Waals surface area (Å²) in [6, 6.07) is 1.72. The number of fused-ring (bicyclic) bond motifs is 1. The molecule has 1 N–H and O–H groups in total. The minimum absolute atomic E-state index is 0.0808. The number of carbonyl (C=O) groups is 2. The normalized spacial score (nSPS) is 32.7. The van der Waals surface area contributed by atoms with Crippen molar-refractivity contribution < 1.29 is 24.2 Å². The smallest absolute Gasteiger partial charge is 0.340 e. The van der Waals surface area contributed by atoms with Crippen LogP contribution in [0.25, 0.3) is 0 Å². The molecule has 1 saturated carbocycles. The second-order valence-electron chi connectivity index (χ2n) is 8.04. The van der Waals surface area contributed by atoms with Crippen LogP contribution in [0.3, 0.4) is 0 Å². The highest BCUT2D eigenvalue weighted by Crippen LogP contribution is 2.37. The molecular weight excluding hydrogens is 370 g/mol. The summed E-state index contributed by atoms with van der Waals surface area (Å²) in [5.41, 5.74) is 1.22. The number of ether oxygens (including phenoxy) is 2. The third kappa shape index (κ3) is 6.00. The molecule has 6 nitrogen and oxygen atoms in total. The van der Waals surface area contributed by atoms with E-state index in [1.807, 2.05) is 13.8 Å². The fraction of sp³-hybridized carbons (Fsp3) is 0.522. The zero-order valence-corrected chi connectivity index (χ0v) is 17.0. The van der Waals surface area contributed by atoms with E-state index in [2.05, 4.69) is 17.1 Å². The number of aromatic nitrogens is 1. The maximum absolute atomic E-state index is 12.7. The summed E-state index contributed by atoms with van der Waals surface area (Å²) in [5.74, 6) is -0.966. The van der Waals surface area contributed by atoms with Gasteiger partial charge in [0.2, 0.25) is 0 Å². The van der Waals surface area contributed by atoms with Crippen LogP contribution >= 0.6 is 0 Å². The third-order valence-corrected chi connectivity index (χ3v) is 5.52. The lowest BCUT2D eigenvalue weighted by Crippen LogP contribution is -2.28. The van der Waals surface area contributed by atoms with E-state index in [1.165, 1.54) is 12.3 Å². The van der Waals surface area contributed by atoms with Gasteiger partial charge in [-0.25, -0.2) is 9.59 Å². The van der Waals surface area contributed by atoms with Crippen molar-refractivity contribution in [2.45, 2.75) is 64.3 Å². The summed E-state index contributed by atoms with van der Waals surface area (Å²) in [6.45, 7) is 3.73. The Morgan fingerprint density at radius 3 is 2.90 bits per heavy atom. The van der Waals surface area contributed by atoms with Crippen molar-refractivity contribution in [1.29, 1.82) is 0 Å². The lowest BCUT2D eigenvalue weighted by atomic mass is 9.89. The number of aliphatic hydroxyl groups excluding tert-OH is 1. The first-order valence-corrected chi connectivity index (χ1v) is 10.3. The number of esters is 2. The summed E-state index contributed by atoms with van der Waals surface area (Å²) < 4.78 is 11.2. The first-order chi connectivity index (χ1) is 13.9. The Labute approximate surface area is 171 Å². The van der Waals surface area contributed by atoms with Gasteiger partial charge in [-0.05, 0) is 69.6 Å². The van der Waals surface area contributed by atoms with Gasteiger partial charge in [0.15, 0.2) is 0 Å². The molecule has 1 fully saturated rings. The van der Waals surface area contributed by atoms with Gasteiger partial charge in [-0.2, -0.15) is 0 Å². The highest BCUT2D eigenvalue weighted by Gasteiger charge is 2.38. The fourth-order valence-electron chi connectivity index (χ4n) is 4.06. The van der Waals surface area contributed by atoms with Crippen molar-refractivity contribution in [3.8, 4) is 0 Å². The highest BCUT2D eigenvalue weighted by atomic mass is 16.5. The number of nitrogens with zero attached hydrogens (tertiary/aromatic N) is 1. The molecule has 0 saturated heterocycles. The number of rotatable bonds is 2. The summed E-state index contributed by atoms with van der Waals surface area (Å²) in [7, 11) is 0. The maximum atomic E-state index is 12.7. The summed E-state index contributed by atoms with van der Waals surface area (Å²) in [6.07, 6.45) is 12.8. The lowest BCUT2D eigenvalue weighted by molar-refractivity contribution is -0.142. The average molecular weight is 399 g/mol. The molecule has 1 aromatic heterocycles. The second-order valence-corrected chi connectivity index (χ2v) is 8.04. The summed E-state index contributed by atoms with van der Waals surface area (Å²) in [4.78, 5) is 28.9. The first kappa shape index (κ1) is 21.2. The molecule has 1 aliphatic carbocycles. The van der Waals surface area contributed by atoms with Crippen LogP contribution in [0.1, 0.15) is 54.9 Å². The molecule has 1 aliphatic heterocycles. The molecule has 3 rings (SSSR count). The zero-order valence-electron chi connectivity index (χ0n) is 17.0. The molecule has 2 heterocycles. The van der Waals surface area contributed by atoms with Crippen molar-refractivity contribution in [2.24, 2.45) is 11.8 Å². The van der Waals surface area contributed by atoms with Crippen LogP contribution in [-0.2, 0) is 14.3 Å². The van der Waals surface area contributed by atoms with Crippen molar-refractivity contribution in [2.75, 3.05) is 0 Å². The van der Waals surface area contributed by atoms with Gasteiger partial charge in [-0.3, -0.25) is 4.98 Å². The Balaban J connectivity index is 1.85. The van der Waals surface area contributed by atoms with Crippen molar-refractivity contribution in [3.63, 3.8) is 0 Å². The minimum atomic E-state index is -0.640. The van der Waals surface area contributed by atoms with Crippen molar-refractivity contribution in [3.05, 3.63) is 53.9 Å². The number of cyclic esters (lactones) is 1. The molecule has 0 spiro atoms. The molecule has 0 radical (unpaired) electrons. The summed E-state index contributed by atoms with van der Waals surface area (Å²) in [5, 5.41) is 10.2. The van der Waals surface area contributed by atoms with Gasteiger partial charge < -0.3 is 14.6 Å². The van der Waals surface area contributed by atoms with Crippen molar-refractivity contribution >= 4 is 11.9 Å². The Morgan fingerprint density at radius 2 is 2.10 bits per heavy atom. The Kier molecular flexibility index (Phi) is 7.20. The van der Waals surface area contributed by atoms with Crippen LogP contribution in [0, 0.1) is 18.8 Å². The van der Waals surface area contributed by atoms with Gasteiger partial charge in [-0.1, -0.05) is 12.2 Å². The van der Waals surface area contributed by atoms with E-state index in [0.29, 0.717) is 18.4 Å². The van der Waals surface area contributed by atoms with Gasteiger partial charge in [0.1, 0.15) is 6.10 Å². The maximum Gasteiger partial charge on any atom is 0.340 e. The number of pyridine rings is 1. The van der Waals surface area contributed by atoms with E-state index < -0.39 is 24.1 Å². The predicted molar refractivity (Wildman–Crippen MR) is 108 cm³/mol. The largest absolute Gasteiger partial charge is 0.460 e. The van der Waals surface area contributed by atoms with E-state index in [1.54, 1.807) is 18.3 Å². The molecule has 156 valence electrons. The molecule has 5 atom stereocenters. The van der Waals surface area contributed by atoms with Gasteiger partial charge in [-0.15, -0.1) is 0 Å². The minimum Gasteiger partial charge on any atom is -0.460 e. The molecule has 0 unspecified atom stereocenters. The quantitative estimate of drug-likeness (QED) is 0.605. The molecule has 29 heavy (non-hydrogen) atoms. The number of carbonyl (C=O) groups excluding carboxylic acids is 2. The van der Waals surface area contributed by atoms with Crippen LogP contribution < -0.4 is 0 Å². The standard InChI is InChI=1S/C23H29NO5/c1-15-10-18(14-24-13-15)23(27)29-21-8-9-22(26)28-16(2)6-4-3-5-7-17-11-19(25)12-20(17)21/h5,7-10,13-14,16-17,19-21,25H,3-4,6,11-12H2,1-2H3/b7-5+,9-8+/t16-,17+,19-,20+,21+/m0/s1. The lowest BCUT2D eigenvalue weighted by Gasteiger charge is -2.24. The van der Waals surface area contributed by atoms with E-state index in [-0.39, 0.29) is 17.9 Å². The van der Waals surface area contributed by atoms with Crippen LogP contribution in [0.2, 0.25) is 0 Å².